The molecule has 0 aliphatic heterocycles. The van der Waals surface area contributed by atoms with Crippen LogP contribution in [0, 0.1) is 0 Å². The predicted molar refractivity (Wildman–Crippen MR) is 70.4 cm³/mol. The number of hydrogen-bond acceptors (Lipinski definition) is 2. The summed E-state index contributed by atoms with van der Waals surface area (Å²) in [6.07, 6.45) is 3.94. The number of benzene rings is 1. The first-order chi connectivity index (χ1) is 8.20. The lowest BCUT2D eigenvalue weighted by Crippen LogP contribution is -1.98. The SMILES string of the molecule is O=C(O)CCCCCCOc1ccccc1Br. The standard InChI is InChI=1S/C13H17BrO3/c14-11-7-4-5-8-12(11)17-10-6-2-1-3-9-13(15)16/h4-5,7-8H,1-3,6,9-10H2,(H,15,16). The molecular formula is C13H17BrO3. The molecule has 0 saturated heterocycles. The van der Waals surface area contributed by atoms with Crippen molar-refractivity contribution in [3.63, 3.8) is 0 Å². The van der Waals surface area contributed by atoms with Crippen molar-refractivity contribution >= 4 is 21.9 Å². The monoisotopic (exact) mass is 300 g/mol. The Hall–Kier alpha value is -1.03. The van der Waals surface area contributed by atoms with Crippen LogP contribution in [0.1, 0.15) is 32.1 Å². The molecule has 17 heavy (non-hydrogen) atoms. The van der Waals surface area contributed by atoms with Gasteiger partial charge in [0, 0.05) is 6.42 Å². The van der Waals surface area contributed by atoms with Crippen molar-refractivity contribution in [1.82, 2.24) is 0 Å². The van der Waals surface area contributed by atoms with E-state index in [4.69, 9.17) is 9.84 Å². The lowest BCUT2D eigenvalue weighted by molar-refractivity contribution is -0.137. The van der Waals surface area contributed by atoms with E-state index in [-0.39, 0.29) is 6.42 Å². The maximum absolute atomic E-state index is 10.3. The van der Waals surface area contributed by atoms with Crippen LogP contribution in [0.5, 0.6) is 5.75 Å². The molecule has 0 spiro atoms. The first-order valence-electron chi connectivity index (χ1n) is 5.79. The van der Waals surface area contributed by atoms with Crippen LogP contribution in [0.4, 0.5) is 0 Å². The van der Waals surface area contributed by atoms with Gasteiger partial charge in [-0.05, 0) is 40.9 Å². The van der Waals surface area contributed by atoms with Crippen molar-refractivity contribution in [3.05, 3.63) is 28.7 Å². The highest BCUT2D eigenvalue weighted by Crippen LogP contribution is 2.23. The fraction of sp³-hybridized carbons (Fsp3) is 0.462. The summed E-state index contributed by atoms with van der Waals surface area (Å²) in [6.45, 7) is 0.676. The lowest BCUT2D eigenvalue weighted by atomic mass is 10.1. The Bertz CT molecular complexity index is 352. The number of carboxylic acid groups (broad SMARTS) is 1. The molecule has 1 aromatic carbocycles. The van der Waals surface area contributed by atoms with Gasteiger partial charge in [0.15, 0.2) is 0 Å². The summed E-state index contributed by atoms with van der Waals surface area (Å²) >= 11 is 3.42. The maximum Gasteiger partial charge on any atom is 0.303 e. The number of unbranched alkanes of at least 4 members (excludes halogenated alkanes) is 3. The average Bonchev–Trinajstić information content (AvgIpc) is 2.30. The van der Waals surface area contributed by atoms with E-state index in [2.05, 4.69) is 15.9 Å². The third kappa shape index (κ3) is 6.31. The van der Waals surface area contributed by atoms with Crippen molar-refractivity contribution < 1.29 is 14.6 Å². The molecule has 0 aliphatic carbocycles. The summed E-state index contributed by atoms with van der Waals surface area (Å²) < 4.78 is 6.57. The predicted octanol–water partition coefficient (Wildman–Crippen LogP) is 3.86. The van der Waals surface area contributed by atoms with Crippen molar-refractivity contribution in [3.8, 4) is 5.75 Å². The minimum atomic E-state index is -0.713. The summed E-state index contributed by atoms with van der Waals surface area (Å²) in [4.78, 5) is 10.3. The zero-order valence-corrected chi connectivity index (χ0v) is 11.3. The number of carboxylic acids is 1. The minimum absolute atomic E-state index is 0.269. The fourth-order valence-corrected chi connectivity index (χ4v) is 1.87. The summed E-state index contributed by atoms with van der Waals surface area (Å²) in [5.41, 5.74) is 0. The lowest BCUT2D eigenvalue weighted by Gasteiger charge is -2.07. The molecular weight excluding hydrogens is 284 g/mol. The minimum Gasteiger partial charge on any atom is -0.492 e. The highest BCUT2D eigenvalue weighted by Gasteiger charge is 1.99. The van der Waals surface area contributed by atoms with Gasteiger partial charge in [-0.15, -0.1) is 0 Å². The molecule has 1 rings (SSSR count). The molecule has 0 unspecified atom stereocenters. The van der Waals surface area contributed by atoms with E-state index in [0.717, 1.165) is 35.9 Å². The summed E-state index contributed by atoms with van der Waals surface area (Å²) in [5.74, 6) is 0.146. The molecule has 1 aromatic rings. The Labute approximate surface area is 110 Å². The molecule has 94 valence electrons. The van der Waals surface area contributed by atoms with E-state index >= 15 is 0 Å². The van der Waals surface area contributed by atoms with E-state index in [1.165, 1.54) is 0 Å². The Morgan fingerprint density at radius 1 is 1.18 bits per heavy atom. The van der Waals surface area contributed by atoms with Gasteiger partial charge in [-0.2, -0.15) is 0 Å². The normalized spacial score (nSPS) is 10.2. The molecule has 0 atom stereocenters. The second-order valence-corrected chi connectivity index (χ2v) is 4.69. The van der Waals surface area contributed by atoms with E-state index < -0.39 is 5.97 Å². The third-order valence-electron chi connectivity index (χ3n) is 2.38. The zero-order chi connectivity index (χ0) is 12.5. The highest BCUT2D eigenvalue weighted by atomic mass is 79.9. The molecule has 1 N–H and O–H groups in total. The number of ether oxygens (including phenoxy) is 1. The molecule has 0 radical (unpaired) electrons. The first-order valence-corrected chi connectivity index (χ1v) is 6.58. The second-order valence-electron chi connectivity index (χ2n) is 3.84. The van der Waals surface area contributed by atoms with Gasteiger partial charge >= 0.3 is 5.97 Å². The molecule has 3 nitrogen and oxygen atoms in total. The molecule has 0 bridgehead atoms. The Morgan fingerprint density at radius 3 is 2.59 bits per heavy atom. The number of para-hydroxylation sites is 1. The molecule has 0 heterocycles. The first kappa shape index (κ1) is 14.0. The van der Waals surface area contributed by atoms with E-state index in [0.29, 0.717) is 6.61 Å². The van der Waals surface area contributed by atoms with Crippen LogP contribution in [-0.4, -0.2) is 17.7 Å². The van der Waals surface area contributed by atoms with E-state index in [1.807, 2.05) is 24.3 Å². The smallest absolute Gasteiger partial charge is 0.303 e. The van der Waals surface area contributed by atoms with Gasteiger partial charge in [0.1, 0.15) is 5.75 Å². The zero-order valence-electron chi connectivity index (χ0n) is 9.69. The van der Waals surface area contributed by atoms with Crippen molar-refractivity contribution in [2.24, 2.45) is 0 Å². The molecule has 0 aliphatic rings. The van der Waals surface area contributed by atoms with Gasteiger partial charge in [0.2, 0.25) is 0 Å². The topological polar surface area (TPSA) is 46.5 Å². The Kier molecular flexibility index (Phi) is 6.70. The van der Waals surface area contributed by atoms with Gasteiger partial charge in [-0.3, -0.25) is 4.79 Å². The second kappa shape index (κ2) is 8.12. The highest BCUT2D eigenvalue weighted by molar-refractivity contribution is 9.10. The summed E-state index contributed by atoms with van der Waals surface area (Å²) in [7, 11) is 0. The largest absolute Gasteiger partial charge is 0.492 e. The van der Waals surface area contributed by atoms with Gasteiger partial charge in [-0.1, -0.05) is 25.0 Å². The maximum atomic E-state index is 10.3. The van der Waals surface area contributed by atoms with E-state index in [9.17, 15) is 4.79 Å². The summed E-state index contributed by atoms with van der Waals surface area (Å²) in [5, 5.41) is 8.47. The van der Waals surface area contributed by atoms with Crippen molar-refractivity contribution in [2.75, 3.05) is 6.61 Å². The van der Waals surface area contributed by atoms with Gasteiger partial charge in [-0.25, -0.2) is 0 Å². The van der Waals surface area contributed by atoms with E-state index in [1.54, 1.807) is 0 Å². The number of aliphatic carboxylic acids is 1. The van der Waals surface area contributed by atoms with Crippen LogP contribution in [0.2, 0.25) is 0 Å². The van der Waals surface area contributed by atoms with Crippen LogP contribution in [0.25, 0.3) is 0 Å². The van der Waals surface area contributed by atoms with Crippen molar-refractivity contribution in [1.29, 1.82) is 0 Å². The molecule has 0 fully saturated rings. The van der Waals surface area contributed by atoms with Crippen LogP contribution in [0.3, 0.4) is 0 Å². The van der Waals surface area contributed by atoms with Crippen molar-refractivity contribution in [2.45, 2.75) is 32.1 Å². The number of carbonyl (C=O) groups is 1. The van der Waals surface area contributed by atoms with Crippen LogP contribution in [-0.2, 0) is 4.79 Å². The summed E-state index contributed by atoms with van der Waals surface area (Å²) in [6, 6.07) is 7.76. The van der Waals surface area contributed by atoms with Gasteiger partial charge < -0.3 is 9.84 Å². The molecule has 0 aromatic heterocycles. The molecule has 0 saturated carbocycles. The van der Waals surface area contributed by atoms with Crippen LogP contribution >= 0.6 is 15.9 Å². The Balaban J connectivity index is 2.05. The Morgan fingerprint density at radius 2 is 1.88 bits per heavy atom. The number of halogens is 1. The fourth-order valence-electron chi connectivity index (χ4n) is 1.48. The molecule has 4 heteroatoms. The number of rotatable bonds is 8. The average molecular weight is 301 g/mol. The van der Waals surface area contributed by atoms with Gasteiger partial charge in [0.05, 0.1) is 11.1 Å². The van der Waals surface area contributed by atoms with Gasteiger partial charge in [0.25, 0.3) is 0 Å². The van der Waals surface area contributed by atoms with Crippen LogP contribution < -0.4 is 4.74 Å². The molecule has 0 amide bonds. The number of hydrogen-bond donors (Lipinski definition) is 1. The quantitative estimate of drug-likeness (QED) is 0.742. The van der Waals surface area contributed by atoms with Crippen LogP contribution in [0.15, 0.2) is 28.7 Å². The third-order valence-corrected chi connectivity index (χ3v) is 3.03.